The summed E-state index contributed by atoms with van der Waals surface area (Å²) in [5.41, 5.74) is 0.726. The van der Waals surface area contributed by atoms with Crippen molar-refractivity contribution < 1.29 is 19.4 Å². The molecule has 0 saturated heterocycles. The van der Waals surface area contributed by atoms with Gasteiger partial charge in [-0.3, -0.25) is 4.90 Å². The number of amides is 1. The number of carbonyl (C=O) groups is 2. The van der Waals surface area contributed by atoms with Gasteiger partial charge in [-0.2, -0.15) is 0 Å². The van der Waals surface area contributed by atoms with Gasteiger partial charge in [0, 0.05) is 7.05 Å². The van der Waals surface area contributed by atoms with E-state index in [2.05, 4.69) is 0 Å². The fourth-order valence-electron chi connectivity index (χ4n) is 1.84. The standard InChI is InChI=1S/C15H21NO4/c1-10-8-6-7-9-11(10)12(13(17)18)16(5)14(19)20-15(2,3)4/h6-9,12H,1-5H3,(H,17,18). The highest BCUT2D eigenvalue weighted by atomic mass is 16.6. The average Bonchev–Trinajstić information content (AvgIpc) is 2.29. The second-order valence-electron chi connectivity index (χ2n) is 5.69. The molecule has 0 saturated carbocycles. The van der Waals surface area contributed by atoms with Crippen LogP contribution in [0.4, 0.5) is 4.79 Å². The lowest BCUT2D eigenvalue weighted by Crippen LogP contribution is -2.39. The van der Waals surface area contributed by atoms with Gasteiger partial charge in [-0.1, -0.05) is 24.3 Å². The van der Waals surface area contributed by atoms with Crippen molar-refractivity contribution in [2.45, 2.75) is 39.3 Å². The SMILES string of the molecule is Cc1ccccc1C(C(=O)O)N(C)C(=O)OC(C)(C)C. The van der Waals surface area contributed by atoms with Gasteiger partial charge in [0.1, 0.15) is 5.60 Å². The number of nitrogens with zero attached hydrogens (tertiary/aromatic N) is 1. The Bertz CT molecular complexity index is 505. The summed E-state index contributed by atoms with van der Waals surface area (Å²) in [5.74, 6) is -1.09. The van der Waals surface area contributed by atoms with E-state index in [1.807, 2.05) is 19.1 Å². The number of carboxylic acid groups (broad SMARTS) is 1. The quantitative estimate of drug-likeness (QED) is 0.923. The molecule has 0 aromatic heterocycles. The molecule has 0 bridgehead atoms. The molecule has 0 heterocycles. The van der Waals surface area contributed by atoms with Crippen molar-refractivity contribution in [1.29, 1.82) is 0 Å². The third-order valence-corrected chi connectivity index (χ3v) is 2.79. The highest BCUT2D eigenvalue weighted by Crippen LogP contribution is 2.24. The van der Waals surface area contributed by atoms with Crippen molar-refractivity contribution in [3.8, 4) is 0 Å². The number of aryl methyl sites for hydroxylation is 1. The van der Waals surface area contributed by atoms with Crippen LogP contribution in [0.2, 0.25) is 0 Å². The maximum absolute atomic E-state index is 12.0. The maximum atomic E-state index is 12.0. The zero-order valence-electron chi connectivity index (χ0n) is 12.5. The van der Waals surface area contributed by atoms with Crippen LogP contribution < -0.4 is 0 Å². The molecular weight excluding hydrogens is 258 g/mol. The van der Waals surface area contributed by atoms with Gasteiger partial charge < -0.3 is 9.84 Å². The monoisotopic (exact) mass is 279 g/mol. The fourth-order valence-corrected chi connectivity index (χ4v) is 1.84. The molecule has 0 spiro atoms. The third kappa shape index (κ3) is 3.98. The van der Waals surface area contributed by atoms with Crippen LogP contribution in [0.1, 0.15) is 37.9 Å². The molecule has 0 aliphatic heterocycles. The van der Waals surface area contributed by atoms with Gasteiger partial charge in [0.25, 0.3) is 0 Å². The summed E-state index contributed by atoms with van der Waals surface area (Å²) in [6.45, 7) is 7.03. The fraction of sp³-hybridized carbons (Fsp3) is 0.467. The zero-order chi connectivity index (χ0) is 15.5. The van der Waals surface area contributed by atoms with Gasteiger partial charge in [0.15, 0.2) is 6.04 Å². The van der Waals surface area contributed by atoms with Crippen molar-refractivity contribution in [1.82, 2.24) is 4.90 Å². The molecule has 0 aliphatic rings. The third-order valence-electron chi connectivity index (χ3n) is 2.79. The van der Waals surface area contributed by atoms with Crippen LogP contribution in [0, 0.1) is 6.92 Å². The molecule has 1 rings (SSSR count). The Kier molecular flexibility index (Phi) is 4.76. The van der Waals surface area contributed by atoms with E-state index in [-0.39, 0.29) is 0 Å². The maximum Gasteiger partial charge on any atom is 0.411 e. The molecule has 5 nitrogen and oxygen atoms in total. The average molecular weight is 279 g/mol. The van der Waals surface area contributed by atoms with E-state index >= 15 is 0 Å². The molecule has 1 atom stereocenters. The lowest BCUT2D eigenvalue weighted by Gasteiger charge is -2.29. The van der Waals surface area contributed by atoms with E-state index in [0.29, 0.717) is 5.56 Å². The molecule has 110 valence electrons. The predicted molar refractivity (Wildman–Crippen MR) is 75.6 cm³/mol. The van der Waals surface area contributed by atoms with Crippen LogP contribution in [0.25, 0.3) is 0 Å². The van der Waals surface area contributed by atoms with E-state index in [1.165, 1.54) is 7.05 Å². The number of benzene rings is 1. The minimum absolute atomic E-state index is 0.577. The summed E-state index contributed by atoms with van der Waals surface area (Å²) in [6.07, 6.45) is -0.659. The molecule has 20 heavy (non-hydrogen) atoms. The number of carboxylic acids is 1. The van der Waals surface area contributed by atoms with Crippen molar-refractivity contribution in [2.75, 3.05) is 7.05 Å². The molecule has 1 N–H and O–H groups in total. The number of likely N-dealkylation sites (N-methyl/N-ethyl adjacent to an activating group) is 1. The largest absolute Gasteiger partial charge is 0.479 e. The number of rotatable bonds is 3. The Morgan fingerprint density at radius 2 is 1.80 bits per heavy atom. The summed E-state index contributed by atoms with van der Waals surface area (Å²) in [6, 6.07) is 6.03. The van der Waals surface area contributed by atoms with Crippen LogP contribution in [0.15, 0.2) is 24.3 Å². The summed E-state index contributed by atoms with van der Waals surface area (Å²) >= 11 is 0. The van der Waals surface area contributed by atoms with Crippen LogP contribution in [0.5, 0.6) is 0 Å². The second kappa shape index (κ2) is 5.94. The number of carbonyl (C=O) groups excluding carboxylic acids is 1. The predicted octanol–water partition coefficient (Wildman–Crippen LogP) is 2.99. The Morgan fingerprint density at radius 3 is 2.25 bits per heavy atom. The van der Waals surface area contributed by atoms with Gasteiger partial charge in [0.05, 0.1) is 0 Å². The van der Waals surface area contributed by atoms with Crippen molar-refractivity contribution >= 4 is 12.1 Å². The smallest absolute Gasteiger partial charge is 0.411 e. The minimum Gasteiger partial charge on any atom is -0.479 e. The van der Waals surface area contributed by atoms with E-state index < -0.39 is 23.7 Å². The molecular formula is C15H21NO4. The van der Waals surface area contributed by atoms with Gasteiger partial charge >= 0.3 is 12.1 Å². The first-order valence-corrected chi connectivity index (χ1v) is 6.37. The number of hydrogen-bond donors (Lipinski definition) is 1. The highest BCUT2D eigenvalue weighted by molar-refractivity contribution is 5.81. The van der Waals surface area contributed by atoms with Gasteiger partial charge in [0.2, 0.25) is 0 Å². The van der Waals surface area contributed by atoms with Gasteiger partial charge in [-0.15, -0.1) is 0 Å². The van der Waals surface area contributed by atoms with Crippen molar-refractivity contribution in [3.63, 3.8) is 0 Å². The molecule has 1 amide bonds. The second-order valence-corrected chi connectivity index (χ2v) is 5.69. The first-order valence-electron chi connectivity index (χ1n) is 6.37. The van der Waals surface area contributed by atoms with Crippen molar-refractivity contribution in [2.24, 2.45) is 0 Å². The normalized spacial score (nSPS) is 12.7. The van der Waals surface area contributed by atoms with Crippen molar-refractivity contribution in [3.05, 3.63) is 35.4 Å². The van der Waals surface area contributed by atoms with Gasteiger partial charge in [-0.05, 0) is 38.8 Å². The zero-order valence-corrected chi connectivity index (χ0v) is 12.5. The number of hydrogen-bond acceptors (Lipinski definition) is 3. The Morgan fingerprint density at radius 1 is 1.25 bits per heavy atom. The first kappa shape index (κ1) is 16.0. The molecule has 0 aliphatic carbocycles. The van der Waals surface area contributed by atoms with Crippen LogP contribution in [-0.2, 0) is 9.53 Å². The topological polar surface area (TPSA) is 66.8 Å². The summed E-state index contributed by atoms with van der Waals surface area (Å²) < 4.78 is 5.22. The van der Waals surface area contributed by atoms with E-state index in [1.54, 1.807) is 32.9 Å². The Labute approximate surface area is 119 Å². The highest BCUT2D eigenvalue weighted by Gasteiger charge is 2.32. The summed E-state index contributed by atoms with van der Waals surface area (Å²) in [4.78, 5) is 24.7. The Hall–Kier alpha value is -2.04. The van der Waals surface area contributed by atoms with Crippen LogP contribution >= 0.6 is 0 Å². The minimum atomic E-state index is -1.09. The molecule has 1 aromatic rings. The molecule has 0 fully saturated rings. The lowest BCUT2D eigenvalue weighted by atomic mass is 10.0. The summed E-state index contributed by atoms with van der Waals surface area (Å²) in [7, 11) is 1.43. The van der Waals surface area contributed by atoms with Crippen LogP contribution in [0.3, 0.4) is 0 Å². The first-order chi connectivity index (χ1) is 9.13. The number of ether oxygens (including phenoxy) is 1. The van der Waals surface area contributed by atoms with E-state index in [4.69, 9.17) is 4.74 Å². The number of aliphatic carboxylic acids is 1. The van der Waals surface area contributed by atoms with E-state index in [9.17, 15) is 14.7 Å². The van der Waals surface area contributed by atoms with Gasteiger partial charge in [-0.25, -0.2) is 9.59 Å². The molecule has 0 radical (unpaired) electrons. The van der Waals surface area contributed by atoms with Crippen LogP contribution in [-0.4, -0.2) is 34.7 Å². The molecule has 5 heteroatoms. The molecule has 1 aromatic carbocycles. The molecule has 1 unspecified atom stereocenters. The lowest BCUT2D eigenvalue weighted by molar-refractivity contribution is -0.143. The Balaban J connectivity index is 3.07. The summed E-state index contributed by atoms with van der Waals surface area (Å²) in [5, 5.41) is 9.42. The van der Waals surface area contributed by atoms with E-state index in [0.717, 1.165) is 10.5 Å².